The molecule has 0 aliphatic heterocycles. The Balaban J connectivity index is 2.71. The smallest absolute Gasteiger partial charge is 0.271 e. The number of hydrogen-bond acceptors (Lipinski definition) is 4. The lowest BCUT2D eigenvalue weighted by Gasteiger charge is -2.08. The Kier molecular flexibility index (Phi) is 5.69. The van der Waals surface area contributed by atoms with Crippen molar-refractivity contribution >= 4 is 23.4 Å². The Labute approximate surface area is 117 Å². The molecule has 6 nitrogen and oxygen atoms in total. The third-order valence-electron chi connectivity index (χ3n) is 2.41. The van der Waals surface area contributed by atoms with E-state index in [2.05, 4.69) is 20.6 Å². The molecule has 1 aromatic heterocycles. The fourth-order valence-corrected chi connectivity index (χ4v) is 1.49. The number of rotatable bonds is 5. The average Bonchev–Trinajstić information content (AvgIpc) is 2.38. The fourth-order valence-electron chi connectivity index (χ4n) is 1.32. The summed E-state index contributed by atoms with van der Waals surface area (Å²) in [4.78, 5) is 31.1. The van der Waals surface area contributed by atoms with Gasteiger partial charge in [0, 0.05) is 25.9 Å². The van der Waals surface area contributed by atoms with Gasteiger partial charge in [0.1, 0.15) is 11.5 Å². The molecule has 0 aliphatic rings. The quantitative estimate of drug-likeness (QED) is 0.849. The number of hydrogen-bond donors (Lipinski definition) is 2. The largest absolute Gasteiger partial charge is 0.359 e. The highest BCUT2D eigenvalue weighted by Gasteiger charge is 2.15. The molecule has 0 bridgehead atoms. The second-order valence-corrected chi connectivity index (χ2v) is 4.67. The molecule has 1 aromatic rings. The lowest BCUT2D eigenvalue weighted by Crippen LogP contribution is -2.30. The van der Waals surface area contributed by atoms with E-state index in [1.165, 1.54) is 6.20 Å². The standard InChI is InChI=1S/C12H17ClN4O2/c1-7(2)11-16-6-8(13)10(17-11)12(19)15-5-4-9(18)14-3/h6-7H,4-5H2,1-3H3,(H,14,18)(H,15,19). The van der Waals surface area contributed by atoms with E-state index in [1.54, 1.807) is 7.05 Å². The van der Waals surface area contributed by atoms with Gasteiger partial charge in [0.05, 0.1) is 11.2 Å². The third kappa shape index (κ3) is 4.48. The van der Waals surface area contributed by atoms with Crippen LogP contribution in [0.1, 0.15) is 42.5 Å². The van der Waals surface area contributed by atoms with Gasteiger partial charge in [-0.2, -0.15) is 0 Å². The molecule has 0 spiro atoms. The van der Waals surface area contributed by atoms with Crippen molar-refractivity contribution in [3.63, 3.8) is 0 Å². The van der Waals surface area contributed by atoms with Crippen molar-refractivity contribution in [3.8, 4) is 0 Å². The van der Waals surface area contributed by atoms with E-state index in [1.807, 2.05) is 13.8 Å². The van der Waals surface area contributed by atoms with Crippen molar-refractivity contribution in [2.45, 2.75) is 26.2 Å². The molecule has 2 N–H and O–H groups in total. The van der Waals surface area contributed by atoms with E-state index in [0.717, 1.165) is 0 Å². The summed E-state index contributed by atoms with van der Waals surface area (Å²) < 4.78 is 0. The maximum atomic E-state index is 11.9. The molecule has 0 aliphatic carbocycles. The zero-order chi connectivity index (χ0) is 14.4. The van der Waals surface area contributed by atoms with Crippen LogP contribution in [0, 0.1) is 0 Å². The van der Waals surface area contributed by atoms with Crippen molar-refractivity contribution in [3.05, 3.63) is 22.7 Å². The molecule has 2 amide bonds. The van der Waals surface area contributed by atoms with Crippen LogP contribution in [0.5, 0.6) is 0 Å². The Hall–Kier alpha value is -1.69. The van der Waals surface area contributed by atoms with Crippen molar-refractivity contribution in [2.75, 3.05) is 13.6 Å². The topological polar surface area (TPSA) is 84.0 Å². The number of halogens is 1. The molecule has 1 heterocycles. The number of amides is 2. The van der Waals surface area contributed by atoms with Gasteiger partial charge in [0.25, 0.3) is 5.91 Å². The molecule has 0 aromatic carbocycles. The highest BCUT2D eigenvalue weighted by Crippen LogP contribution is 2.16. The molecular formula is C12H17ClN4O2. The van der Waals surface area contributed by atoms with E-state index in [9.17, 15) is 9.59 Å². The number of nitrogens with one attached hydrogen (secondary N) is 2. The van der Waals surface area contributed by atoms with Crippen LogP contribution in [0.15, 0.2) is 6.20 Å². The van der Waals surface area contributed by atoms with Crippen LogP contribution in [0.25, 0.3) is 0 Å². The Morgan fingerprint density at radius 1 is 1.42 bits per heavy atom. The van der Waals surface area contributed by atoms with Crippen LogP contribution in [0.3, 0.4) is 0 Å². The SMILES string of the molecule is CNC(=O)CCNC(=O)c1nc(C(C)C)ncc1Cl. The van der Waals surface area contributed by atoms with Gasteiger partial charge in [-0.1, -0.05) is 25.4 Å². The predicted octanol–water partition coefficient (Wildman–Crippen LogP) is 1.12. The number of carbonyl (C=O) groups is 2. The normalized spacial score (nSPS) is 10.4. The molecule has 0 fully saturated rings. The van der Waals surface area contributed by atoms with Crippen molar-refractivity contribution < 1.29 is 9.59 Å². The van der Waals surface area contributed by atoms with Gasteiger partial charge in [-0.15, -0.1) is 0 Å². The Morgan fingerprint density at radius 3 is 2.68 bits per heavy atom. The molecule has 0 unspecified atom stereocenters. The second-order valence-electron chi connectivity index (χ2n) is 4.26. The van der Waals surface area contributed by atoms with Crippen molar-refractivity contribution in [1.29, 1.82) is 0 Å². The lowest BCUT2D eigenvalue weighted by molar-refractivity contribution is -0.120. The summed E-state index contributed by atoms with van der Waals surface area (Å²) in [7, 11) is 1.54. The Morgan fingerprint density at radius 2 is 2.11 bits per heavy atom. The predicted molar refractivity (Wildman–Crippen MR) is 72.1 cm³/mol. The van der Waals surface area contributed by atoms with Crippen LogP contribution in [0.4, 0.5) is 0 Å². The molecule has 0 saturated carbocycles. The van der Waals surface area contributed by atoms with Gasteiger partial charge in [-0.25, -0.2) is 9.97 Å². The number of nitrogens with zero attached hydrogens (tertiary/aromatic N) is 2. The zero-order valence-corrected chi connectivity index (χ0v) is 11.9. The summed E-state index contributed by atoms with van der Waals surface area (Å²) in [6, 6.07) is 0. The first-order valence-electron chi connectivity index (χ1n) is 5.97. The van der Waals surface area contributed by atoms with Crippen LogP contribution >= 0.6 is 11.6 Å². The summed E-state index contributed by atoms with van der Waals surface area (Å²) in [6.07, 6.45) is 1.62. The summed E-state index contributed by atoms with van der Waals surface area (Å²) >= 11 is 5.90. The summed E-state index contributed by atoms with van der Waals surface area (Å²) in [6.45, 7) is 4.09. The first-order valence-corrected chi connectivity index (χ1v) is 6.34. The van der Waals surface area contributed by atoms with Gasteiger partial charge in [-0.3, -0.25) is 9.59 Å². The van der Waals surface area contributed by atoms with Crippen LogP contribution in [-0.2, 0) is 4.79 Å². The lowest BCUT2D eigenvalue weighted by atomic mass is 10.2. The first-order chi connectivity index (χ1) is 8.95. The van der Waals surface area contributed by atoms with Crippen LogP contribution in [0.2, 0.25) is 5.02 Å². The maximum Gasteiger partial charge on any atom is 0.271 e. The number of carbonyl (C=O) groups excluding carboxylic acids is 2. The molecule has 0 atom stereocenters. The van der Waals surface area contributed by atoms with Crippen LogP contribution < -0.4 is 10.6 Å². The molecule has 0 radical (unpaired) electrons. The molecule has 0 saturated heterocycles. The molecule has 1 rings (SSSR count). The third-order valence-corrected chi connectivity index (χ3v) is 2.69. The van der Waals surface area contributed by atoms with E-state index in [0.29, 0.717) is 5.82 Å². The fraction of sp³-hybridized carbons (Fsp3) is 0.500. The van der Waals surface area contributed by atoms with E-state index in [4.69, 9.17) is 11.6 Å². The van der Waals surface area contributed by atoms with Gasteiger partial charge in [0.15, 0.2) is 0 Å². The monoisotopic (exact) mass is 284 g/mol. The van der Waals surface area contributed by atoms with E-state index >= 15 is 0 Å². The minimum atomic E-state index is -0.404. The summed E-state index contributed by atoms with van der Waals surface area (Å²) in [5.74, 6) is 0.116. The minimum Gasteiger partial charge on any atom is -0.359 e. The average molecular weight is 285 g/mol. The summed E-state index contributed by atoms with van der Waals surface area (Å²) in [5, 5.41) is 5.26. The first kappa shape index (κ1) is 15.4. The van der Waals surface area contributed by atoms with Gasteiger partial charge < -0.3 is 10.6 Å². The van der Waals surface area contributed by atoms with Gasteiger partial charge in [-0.05, 0) is 0 Å². The van der Waals surface area contributed by atoms with E-state index in [-0.39, 0.29) is 35.5 Å². The highest BCUT2D eigenvalue weighted by atomic mass is 35.5. The highest BCUT2D eigenvalue weighted by molar-refractivity contribution is 6.33. The van der Waals surface area contributed by atoms with Gasteiger partial charge in [0.2, 0.25) is 5.91 Å². The molecule has 7 heteroatoms. The number of aromatic nitrogens is 2. The van der Waals surface area contributed by atoms with Crippen LogP contribution in [-0.4, -0.2) is 35.4 Å². The minimum absolute atomic E-state index is 0.106. The van der Waals surface area contributed by atoms with Gasteiger partial charge >= 0.3 is 0 Å². The molecule has 104 valence electrons. The summed E-state index contributed by atoms with van der Waals surface area (Å²) in [5.41, 5.74) is 0.136. The van der Waals surface area contributed by atoms with Crippen molar-refractivity contribution in [2.24, 2.45) is 0 Å². The second kappa shape index (κ2) is 7.04. The Bertz CT molecular complexity index is 477. The zero-order valence-electron chi connectivity index (χ0n) is 11.2. The molecule has 19 heavy (non-hydrogen) atoms. The maximum absolute atomic E-state index is 11.9. The van der Waals surface area contributed by atoms with E-state index < -0.39 is 5.91 Å². The van der Waals surface area contributed by atoms with Crippen molar-refractivity contribution in [1.82, 2.24) is 20.6 Å². The molecular weight excluding hydrogens is 268 g/mol.